The zero-order valence-corrected chi connectivity index (χ0v) is 19.3. The molecule has 1 amide bonds. The molecule has 176 valence electrons. The minimum Gasteiger partial charge on any atom is -0.494 e. The maximum atomic E-state index is 13.6. The molecule has 1 aliphatic carbocycles. The van der Waals surface area contributed by atoms with Crippen molar-refractivity contribution in [3.8, 4) is 28.5 Å². The Bertz CT molecular complexity index is 1250. The Labute approximate surface area is 200 Å². The van der Waals surface area contributed by atoms with Gasteiger partial charge in [0.05, 0.1) is 31.9 Å². The van der Waals surface area contributed by atoms with E-state index in [-0.39, 0.29) is 23.4 Å². The topological polar surface area (TPSA) is 86.8 Å². The second kappa shape index (κ2) is 10.1. The van der Waals surface area contributed by atoms with Crippen molar-refractivity contribution in [1.82, 2.24) is 10.3 Å². The van der Waals surface area contributed by atoms with Crippen molar-refractivity contribution in [2.75, 3.05) is 20.8 Å². The van der Waals surface area contributed by atoms with E-state index >= 15 is 0 Å². The molecule has 0 saturated heterocycles. The lowest BCUT2D eigenvalue weighted by molar-refractivity contribution is 0.0902. The second-order valence-electron chi connectivity index (χ2n) is 7.66. The summed E-state index contributed by atoms with van der Waals surface area (Å²) in [5.74, 6) is 0.000485. The van der Waals surface area contributed by atoms with Gasteiger partial charge in [-0.3, -0.25) is 9.59 Å². The normalized spacial score (nSPS) is 12.7. The summed E-state index contributed by atoms with van der Waals surface area (Å²) in [6.07, 6.45) is 2.20. The third kappa shape index (κ3) is 5.28. The molecule has 1 N–H and O–H groups in total. The quantitative estimate of drug-likeness (QED) is 0.442. The molecular formula is C25H22ClFN2O5. The zero-order valence-electron chi connectivity index (χ0n) is 18.6. The van der Waals surface area contributed by atoms with Gasteiger partial charge in [-0.15, -0.1) is 0 Å². The Morgan fingerprint density at radius 3 is 2.44 bits per heavy atom. The summed E-state index contributed by atoms with van der Waals surface area (Å²) < 4.78 is 30.0. The summed E-state index contributed by atoms with van der Waals surface area (Å²) >= 11 is 5.89. The molecule has 0 spiro atoms. The van der Waals surface area contributed by atoms with Crippen LogP contribution >= 0.6 is 11.6 Å². The van der Waals surface area contributed by atoms with Gasteiger partial charge in [0.2, 0.25) is 0 Å². The second-order valence-corrected chi connectivity index (χ2v) is 8.07. The number of pyridine rings is 1. The number of amides is 1. The minimum absolute atomic E-state index is 0.0747. The molecule has 0 atom stereocenters. The first-order chi connectivity index (χ1) is 16.4. The molecule has 1 aromatic heterocycles. The number of halogens is 2. The average molecular weight is 485 g/mol. The fourth-order valence-electron chi connectivity index (χ4n) is 3.24. The van der Waals surface area contributed by atoms with Gasteiger partial charge in [-0.1, -0.05) is 11.6 Å². The van der Waals surface area contributed by atoms with Crippen LogP contribution in [0, 0.1) is 5.82 Å². The number of ether oxygens (including phenoxy) is 3. The molecular weight excluding hydrogens is 463 g/mol. The number of hydrogen-bond acceptors (Lipinski definition) is 6. The number of carbonyl (C=O) groups is 2. The van der Waals surface area contributed by atoms with Crippen molar-refractivity contribution in [2.45, 2.75) is 18.9 Å². The van der Waals surface area contributed by atoms with Crippen LogP contribution in [0.1, 0.15) is 33.7 Å². The van der Waals surface area contributed by atoms with Gasteiger partial charge in [-0.2, -0.15) is 0 Å². The van der Waals surface area contributed by atoms with Crippen LogP contribution in [0.5, 0.6) is 17.2 Å². The smallest absolute Gasteiger partial charge is 0.251 e. The van der Waals surface area contributed by atoms with Gasteiger partial charge in [0, 0.05) is 11.1 Å². The molecule has 0 unspecified atom stereocenters. The van der Waals surface area contributed by atoms with E-state index in [0.717, 1.165) is 12.8 Å². The van der Waals surface area contributed by atoms with Crippen LogP contribution in [0.2, 0.25) is 5.02 Å². The van der Waals surface area contributed by atoms with E-state index in [1.165, 1.54) is 38.5 Å². The lowest BCUT2D eigenvalue weighted by Crippen LogP contribution is -2.30. The number of ketones is 1. The van der Waals surface area contributed by atoms with Crippen LogP contribution in [0.3, 0.4) is 0 Å². The Morgan fingerprint density at radius 2 is 1.76 bits per heavy atom. The lowest BCUT2D eigenvalue weighted by Gasteiger charge is -2.12. The highest BCUT2D eigenvalue weighted by atomic mass is 35.5. The minimum atomic E-state index is -0.567. The van der Waals surface area contributed by atoms with Crippen LogP contribution in [-0.2, 0) is 0 Å². The highest BCUT2D eigenvalue weighted by Gasteiger charge is 2.25. The van der Waals surface area contributed by atoms with Crippen molar-refractivity contribution in [2.24, 2.45) is 0 Å². The van der Waals surface area contributed by atoms with Crippen molar-refractivity contribution in [3.63, 3.8) is 0 Å². The van der Waals surface area contributed by atoms with E-state index in [1.54, 1.807) is 24.3 Å². The fourth-order valence-corrected chi connectivity index (χ4v) is 3.42. The summed E-state index contributed by atoms with van der Waals surface area (Å²) in [7, 11) is 2.96. The van der Waals surface area contributed by atoms with E-state index in [9.17, 15) is 14.0 Å². The molecule has 2 aromatic carbocycles. The van der Waals surface area contributed by atoms with Crippen molar-refractivity contribution in [3.05, 3.63) is 70.6 Å². The fraction of sp³-hybridized carbons (Fsp3) is 0.240. The predicted molar refractivity (Wildman–Crippen MR) is 125 cm³/mol. The number of nitrogens with one attached hydrogen (secondary N) is 1. The van der Waals surface area contributed by atoms with Crippen LogP contribution < -0.4 is 19.5 Å². The van der Waals surface area contributed by atoms with Gasteiger partial charge >= 0.3 is 0 Å². The average Bonchev–Trinajstić information content (AvgIpc) is 3.68. The van der Waals surface area contributed by atoms with Gasteiger partial charge in [-0.25, -0.2) is 9.37 Å². The molecule has 1 fully saturated rings. The highest BCUT2D eigenvalue weighted by Crippen LogP contribution is 2.34. The molecule has 0 aliphatic heterocycles. The van der Waals surface area contributed by atoms with Crippen LogP contribution in [0.25, 0.3) is 11.3 Å². The first kappa shape index (κ1) is 23.5. The number of aromatic nitrogens is 1. The molecule has 1 saturated carbocycles. The monoisotopic (exact) mass is 484 g/mol. The van der Waals surface area contributed by atoms with Crippen LogP contribution in [0.4, 0.5) is 4.39 Å². The molecule has 1 heterocycles. The van der Waals surface area contributed by atoms with Gasteiger partial charge in [0.25, 0.3) is 5.91 Å². The number of carbonyl (C=O) groups excluding carboxylic acids is 2. The maximum absolute atomic E-state index is 13.6. The summed E-state index contributed by atoms with van der Waals surface area (Å²) in [5, 5.41) is 2.52. The molecule has 0 bridgehead atoms. The largest absolute Gasteiger partial charge is 0.494 e. The van der Waals surface area contributed by atoms with Crippen molar-refractivity contribution >= 4 is 23.3 Å². The molecule has 34 heavy (non-hydrogen) atoms. The SMILES string of the molecule is COc1cc(C(=O)NCC(=O)c2ccc(OC)c(-c3ccc(F)c(Cl)c3)n2)ccc1OC1CC1. The third-order valence-corrected chi connectivity index (χ3v) is 5.50. The predicted octanol–water partition coefficient (Wildman–Crippen LogP) is 4.71. The first-order valence-corrected chi connectivity index (χ1v) is 10.9. The molecule has 9 heteroatoms. The van der Waals surface area contributed by atoms with Gasteiger partial charge in [-0.05, 0) is 61.4 Å². The maximum Gasteiger partial charge on any atom is 0.251 e. The standard InChI is InChI=1S/C25H22ClFN2O5/c1-32-22-10-8-19(29-24(22)14-3-7-18(27)17(26)11-14)20(30)13-28-25(31)15-4-9-21(23(12-15)33-2)34-16-5-6-16/h3-4,7-12,16H,5-6,13H2,1-2H3,(H,28,31). The van der Waals surface area contributed by atoms with E-state index in [0.29, 0.717) is 34.1 Å². The number of nitrogens with zero attached hydrogens (tertiary/aromatic N) is 1. The highest BCUT2D eigenvalue weighted by molar-refractivity contribution is 6.31. The molecule has 3 aromatic rings. The Kier molecular flexibility index (Phi) is 6.98. The summed E-state index contributed by atoms with van der Waals surface area (Å²) in [4.78, 5) is 29.7. The Hall–Kier alpha value is -3.65. The van der Waals surface area contributed by atoms with Crippen LogP contribution in [-0.4, -0.2) is 43.5 Å². The van der Waals surface area contributed by atoms with E-state index in [1.807, 2.05) is 0 Å². The van der Waals surface area contributed by atoms with E-state index in [2.05, 4.69) is 10.3 Å². The number of hydrogen-bond donors (Lipinski definition) is 1. The van der Waals surface area contributed by atoms with Gasteiger partial charge < -0.3 is 19.5 Å². The summed E-state index contributed by atoms with van der Waals surface area (Å²) in [5.41, 5.74) is 1.26. The number of benzene rings is 2. The van der Waals surface area contributed by atoms with Crippen molar-refractivity contribution < 1.29 is 28.2 Å². The zero-order chi connectivity index (χ0) is 24.2. The Balaban J connectivity index is 1.47. The summed E-state index contributed by atoms with van der Waals surface area (Å²) in [6, 6.07) is 12.0. The van der Waals surface area contributed by atoms with E-state index < -0.39 is 17.5 Å². The van der Waals surface area contributed by atoms with Gasteiger partial charge in [0.15, 0.2) is 17.3 Å². The Morgan fingerprint density at radius 1 is 1.03 bits per heavy atom. The first-order valence-electron chi connectivity index (χ1n) is 10.6. The third-order valence-electron chi connectivity index (χ3n) is 5.21. The van der Waals surface area contributed by atoms with Gasteiger partial charge in [0.1, 0.15) is 23.0 Å². The molecule has 0 radical (unpaired) electrons. The summed E-state index contributed by atoms with van der Waals surface area (Å²) in [6.45, 7) is -0.273. The molecule has 7 nitrogen and oxygen atoms in total. The number of rotatable bonds is 9. The number of Topliss-reactive ketones (excluding diaryl/α,β-unsaturated/α-hetero) is 1. The lowest BCUT2D eigenvalue weighted by atomic mass is 10.1. The van der Waals surface area contributed by atoms with Crippen LogP contribution in [0.15, 0.2) is 48.5 Å². The van der Waals surface area contributed by atoms with E-state index in [4.69, 9.17) is 25.8 Å². The van der Waals surface area contributed by atoms with Crippen molar-refractivity contribution in [1.29, 1.82) is 0 Å². The molecule has 4 rings (SSSR count). The molecule has 1 aliphatic rings. The number of methoxy groups -OCH3 is 2.